The second kappa shape index (κ2) is 11.3. The van der Waals surface area contributed by atoms with Crippen LogP contribution in [0.1, 0.15) is 20.3 Å². The molecule has 2 aliphatic rings. The molecule has 0 saturated carbocycles. The number of hydrogen-bond donors (Lipinski definition) is 2. The zero-order valence-corrected chi connectivity index (χ0v) is 19.8. The molecule has 4 rings (SSSR count). The summed E-state index contributed by atoms with van der Waals surface area (Å²) in [6.45, 7) is 7.16. The van der Waals surface area contributed by atoms with Crippen LogP contribution >= 0.6 is 0 Å². The second-order valence-corrected chi connectivity index (χ2v) is 7.76. The Labute approximate surface area is 204 Å². The van der Waals surface area contributed by atoms with Gasteiger partial charge in [0.25, 0.3) is 0 Å². The minimum atomic E-state index is -5.08. The number of aliphatic carboxylic acids is 1. The summed E-state index contributed by atoms with van der Waals surface area (Å²) in [5.41, 5.74) is 8.59. The fraction of sp³-hybridized carbons (Fsp3) is 0.320. The first kappa shape index (κ1) is 26.7. The number of anilines is 1. The van der Waals surface area contributed by atoms with Crippen molar-refractivity contribution in [2.24, 2.45) is 5.73 Å². The molecule has 1 aliphatic carbocycles. The average molecular weight is 505 g/mol. The summed E-state index contributed by atoms with van der Waals surface area (Å²) in [6, 6.07) is 13.0. The van der Waals surface area contributed by atoms with Crippen molar-refractivity contribution < 1.29 is 32.2 Å². The monoisotopic (exact) mass is 505 g/mol. The standard InChI is InChI=1S/C23H25N3O3.C2HF3O2/c1-3-26(4-2)15-6-9-19-21(12-15)29-22-14-20(27)17-8-7-16(28-11-5-10-24)13-18(17)23(22)25-19;3-2(4,5)1(6)7/h6-9,12-14H,3-5,10-11,24H2,1-2H3;(H,6,7). The minimum Gasteiger partial charge on any atom is -0.494 e. The predicted molar refractivity (Wildman–Crippen MR) is 131 cm³/mol. The van der Waals surface area contributed by atoms with Crippen LogP contribution in [0.25, 0.3) is 33.3 Å². The highest BCUT2D eigenvalue weighted by molar-refractivity contribution is 5.97. The highest BCUT2D eigenvalue weighted by Crippen LogP contribution is 2.33. The summed E-state index contributed by atoms with van der Waals surface area (Å²) in [4.78, 5) is 28.6. The molecule has 0 aromatic heterocycles. The van der Waals surface area contributed by atoms with Crippen LogP contribution in [-0.4, -0.2) is 48.5 Å². The zero-order chi connectivity index (χ0) is 26.5. The van der Waals surface area contributed by atoms with Crippen LogP contribution in [0.3, 0.4) is 0 Å². The van der Waals surface area contributed by atoms with E-state index in [-0.39, 0.29) is 5.43 Å². The van der Waals surface area contributed by atoms with Crippen molar-refractivity contribution in [1.82, 2.24) is 4.98 Å². The smallest absolute Gasteiger partial charge is 0.490 e. The molecule has 0 radical (unpaired) electrons. The SMILES string of the molecule is CCN(CC)c1ccc2nc3c4cc(OCCCN)ccc4c(=O)cc-3oc2c1.O=C(O)C(F)(F)F. The number of rotatable bonds is 7. The topological polar surface area (TPSA) is 119 Å². The van der Waals surface area contributed by atoms with Gasteiger partial charge in [0, 0.05) is 41.7 Å². The van der Waals surface area contributed by atoms with Crippen LogP contribution < -0.4 is 20.8 Å². The molecule has 2 aromatic carbocycles. The number of aromatic nitrogens is 1. The Morgan fingerprint density at radius 3 is 2.42 bits per heavy atom. The summed E-state index contributed by atoms with van der Waals surface area (Å²) >= 11 is 0. The molecule has 11 heteroatoms. The van der Waals surface area contributed by atoms with E-state index in [0.717, 1.165) is 36.1 Å². The van der Waals surface area contributed by atoms with Gasteiger partial charge >= 0.3 is 12.1 Å². The number of benzene rings is 3. The van der Waals surface area contributed by atoms with Gasteiger partial charge in [-0.25, -0.2) is 9.78 Å². The number of carbonyl (C=O) groups is 1. The van der Waals surface area contributed by atoms with Gasteiger partial charge in [0.1, 0.15) is 17.0 Å². The highest BCUT2D eigenvalue weighted by Gasteiger charge is 2.38. The molecule has 36 heavy (non-hydrogen) atoms. The van der Waals surface area contributed by atoms with E-state index in [1.54, 1.807) is 12.1 Å². The Kier molecular flexibility index (Phi) is 8.36. The summed E-state index contributed by atoms with van der Waals surface area (Å²) in [6.07, 6.45) is -4.31. The first-order valence-electron chi connectivity index (χ1n) is 11.3. The normalized spacial score (nSPS) is 11.4. The fourth-order valence-corrected chi connectivity index (χ4v) is 3.59. The molecule has 2 aromatic rings. The van der Waals surface area contributed by atoms with Crippen molar-refractivity contribution in [3.8, 4) is 17.2 Å². The van der Waals surface area contributed by atoms with Gasteiger partial charge in [0.15, 0.2) is 16.8 Å². The lowest BCUT2D eigenvalue weighted by Crippen LogP contribution is -2.21. The summed E-state index contributed by atoms with van der Waals surface area (Å²) in [5.74, 6) is -1.59. The predicted octanol–water partition coefficient (Wildman–Crippen LogP) is 4.65. The molecule has 3 N–H and O–H groups in total. The zero-order valence-electron chi connectivity index (χ0n) is 19.8. The van der Waals surface area contributed by atoms with Gasteiger partial charge < -0.3 is 24.9 Å². The van der Waals surface area contributed by atoms with Gasteiger partial charge in [0.05, 0.1) is 6.61 Å². The maximum atomic E-state index is 12.6. The number of carboxylic acids is 1. The molecule has 0 amide bonds. The van der Waals surface area contributed by atoms with Gasteiger partial charge in [-0.15, -0.1) is 0 Å². The first-order valence-corrected chi connectivity index (χ1v) is 11.3. The Hall–Kier alpha value is -3.86. The molecule has 1 aliphatic heterocycles. The number of halogens is 3. The molecule has 1 heterocycles. The summed E-state index contributed by atoms with van der Waals surface area (Å²) < 4.78 is 43.6. The van der Waals surface area contributed by atoms with E-state index in [1.807, 2.05) is 18.2 Å². The second-order valence-electron chi connectivity index (χ2n) is 7.76. The van der Waals surface area contributed by atoms with Crippen molar-refractivity contribution in [2.45, 2.75) is 26.4 Å². The lowest BCUT2D eigenvalue weighted by atomic mass is 10.0. The third-order valence-electron chi connectivity index (χ3n) is 5.39. The van der Waals surface area contributed by atoms with Crippen molar-refractivity contribution >= 4 is 33.5 Å². The van der Waals surface area contributed by atoms with Gasteiger partial charge in [-0.3, -0.25) is 4.79 Å². The number of fused-ring (bicyclic) bond motifs is 4. The fourth-order valence-electron chi connectivity index (χ4n) is 3.59. The van der Waals surface area contributed by atoms with Crippen LogP contribution in [0, 0.1) is 0 Å². The molecule has 0 unspecified atom stereocenters. The lowest BCUT2D eigenvalue weighted by Gasteiger charge is -2.21. The molecule has 0 bridgehead atoms. The molecular formula is C25H26F3N3O5. The molecule has 192 valence electrons. The number of ether oxygens (including phenoxy) is 1. The summed E-state index contributed by atoms with van der Waals surface area (Å²) in [7, 11) is 0. The van der Waals surface area contributed by atoms with Crippen molar-refractivity contribution in [2.75, 3.05) is 31.1 Å². The van der Waals surface area contributed by atoms with E-state index in [4.69, 9.17) is 29.8 Å². The third-order valence-corrected chi connectivity index (χ3v) is 5.39. The van der Waals surface area contributed by atoms with Crippen LogP contribution in [0.4, 0.5) is 18.9 Å². The maximum absolute atomic E-state index is 12.6. The molecule has 8 nitrogen and oxygen atoms in total. The van der Waals surface area contributed by atoms with Gasteiger partial charge in [-0.05, 0) is 57.1 Å². The molecule has 0 spiro atoms. The van der Waals surface area contributed by atoms with Gasteiger partial charge in [-0.2, -0.15) is 13.2 Å². The van der Waals surface area contributed by atoms with E-state index >= 15 is 0 Å². The van der Waals surface area contributed by atoms with Gasteiger partial charge in [0.2, 0.25) is 0 Å². The molecule has 0 saturated heterocycles. The molecule has 0 atom stereocenters. The number of nitrogens with two attached hydrogens (primary N) is 1. The number of hydrogen-bond acceptors (Lipinski definition) is 7. The van der Waals surface area contributed by atoms with E-state index in [9.17, 15) is 18.0 Å². The Balaban J connectivity index is 0.000000454. The van der Waals surface area contributed by atoms with Crippen LogP contribution in [-0.2, 0) is 4.79 Å². The molecular weight excluding hydrogens is 479 g/mol. The number of carboxylic acid groups (broad SMARTS) is 1. The van der Waals surface area contributed by atoms with Crippen LogP contribution in [0.15, 0.2) is 51.7 Å². The maximum Gasteiger partial charge on any atom is 0.490 e. The van der Waals surface area contributed by atoms with E-state index < -0.39 is 12.1 Å². The average Bonchev–Trinajstić information content (AvgIpc) is 2.84. The minimum absolute atomic E-state index is 0.0918. The Morgan fingerprint density at radius 1 is 1.11 bits per heavy atom. The van der Waals surface area contributed by atoms with E-state index in [1.165, 1.54) is 6.07 Å². The first-order chi connectivity index (χ1) is 17.1. The van der Waals surface area contributed by atoms with E-state index in [0.29, 0.717) is 41.3 Å². The quantitative estimate of drug-likeness (QED) is 0.212. The highest BCUT2D eigenvalue weighted by atomic mass is 19.4. The van der Waals surface area contributed by atoms with E-state index in [2.05, 4.69) is 24.8 Å². The van der Waals surface area contributed by atoms with Crippen molar-refractivity contribution in [3.63, 3.8) is 0 Å². The summed E-state index contributed by atoms with van der Waals surface area (Å²) in [5, 5.41) is 8.46. The van der Waals surface area contributed by atoms with Crippen LogP contribution in [0.5, 0.6) is 5.75 Å². The van der Waals surface area contributed by atoms with Crippen molar-refractivity contribution in [1.29, 1.82) is 0 Å². The van der Waals surface area contributed by atoms with Gasteiger partial charge in [-0.1, -0.05) is 0 Å². The lowest BCUT2D eigenvalue weighted by molar-refractivity contribution is -0.192. The van der Waals surface area contributed by atoms with Crippen LogP contribution in [0.2, 0.25) is 0 Å². The Morgan fingerprint density at radius 2 is 1.81 bits per heavy atom. The Bertz CT molecular complexity index is 1380. The molecule has 0 fully saturated rings. The largest absolute Gasteiger partial charge is 0.494 e. The number of nitrogens with zero attached hydrogens (tertiary/aromatic N) is 2. The van der Waals surface area contributed by atoms with Crippen molar-refractivity contribution in [3.05, 3.63) is 52.7 Å². The number of alkyl halides is 3. The third kappa shape index (κ3) is 6.03.